The lowest BCUT2D eigenvalue weighted by Gasteiger charge is -2.29. The Bertz CT molecular complexity index is 454. The molecule has 1 atom stereocenters. The molecular formula is C10H12N4O3. The summed E-state index contributed by atoms with van der Waals surface area (Å²) < 4.78 is 1.28. The second-order valence-corrected chi connectivity index (χ2v) is 3.83. The molecule has 90 valence electrons. The van der Waals surface area contributed by atoms with Crippen LogP contribution in [-0.2, 0) is 9.59 Å². The fourth-order valence-electron chi connectivity index (χ4n) is 1.74. The zero-order valence-electron chi connectivity index (χ0n) is 9.29. The quantitative estimate of drug-likeness (QED) is 0.672. The summed E-state index contributed by atoms with van der Waals surface area (Å²) in [4.78, 5) is 39.5. The van der Waals surface area contributed by atoms with E-state index in [9.17, 15) is 14.4 Å². The topological polar surface area (TPSA) is 84.3 Å². The number of carbonyl (C=O) groups excluding carboxylic acids is 3. The molecule has 7 nitrogen and oxygen atoms in total. The van der Waals surface area contributed by atoms with Crippen molar-refractivity contribution < 1.29 is 14.4 Å². The number of nitrogens with zero attached hydrogens (tertiary/aromatic N) is 3. The van der Waals surface area contributed by atoms with Crippen molar-refractivity contribution in [1.29, 1.82) is 0 Å². The SMILES string of the molecule is CN(C(=O)n1ccnc1)[C@H]1CCC(=O)NC1=O. The van der Waals surface area contributed by atoms with E-state index in [4.69, 9.17) is 0 Å². The minimum Gasteiger partial charge on any atom is -0.315 e. The molecule has 1 saturated heterocycles. The Hall–Kier alpha value is -2.18. The van der Waals surface area contributed by atoms with Gasteiger partial charge >= 0.3 is 6.03 Å². The minimum atomic E-state index is -0.609. The number of imide groups is 1. The lowest BCUT2D eigenvalue weighted by Crippen LogP contribution is -2.53. The molecule has 0 saturated carbocycles. The maximum atomic E-state index is 11.9. The van der Waals surface area contributed by atoms with E-state index in [-0.39, 0.29) is 18.4 Å². The van der Waals surface area contributed by atoms with E-state index in [1.165, 1.54) is 35.2 Å². The van der Waals surface area contributed by atoms with Crippen molar-refractivity contribution in [2.24, 2.45) is 0 Å². The summed E-state index contributed by atoms with van der Waals surface area (Å²) in [5.41, 5.74) is 0. The van der Waals surface area contributed by atoms with Crippen molar-refractivity contribution in [2.75, 3.05) is 7.05 Å². The first-order valence-electron chi connectivity index (χ1n) is 5.18. The maximum Gasteiger partial charge on any atom is 0.329 e. The van der Waals surface area contributed by atoms with Gasteiger partial charge in [0, 0.05) is 25.9 Å². The lowest BCUT2D eigenvalue weighted by molar-refractivity contribution is -0.136. The number of carbonyl (C=O) groups is 3. The number of aromatic nitrogens is 2. The zero-order chi connectivity index (χ0) is 12.4. The highest BCUT2D eigenvalue weighted by atomic mass is 16.2. The van der Waals surface area contributed by atoms with E-state index in [2.05, 4.69) is 10.3 Å². The number of piperidine rings is 1. The van der Waals surface area contributed by atoms with Crippen molar-refractivity contribution in [1.82, 2.24) is 19.8 Å². The van der Waals surface area contributed by atoms with Gasteiger partial charge in [0.15, 0.2) is 0 Å². The van der Waals surface area contributed by atoms with Crippen molar-refractivity contribution in [3.05, 3.63) is 18.7 Å². The van der Waals surface area contributed by atoms with Crippen molar-refractivity contribution in [3.63, 3.8) is 0 Å². The summed E-state index contributed by atoms with van der Waals surface area (Å²) in [6, 6.07) is -0.959. The maximum absolute atomic E-state index is 11.9. The van der Waals surface area contributed by atoms with Gasteiger partial charge in [-0.25, -0.2) is 9.78 Å². The molecule has 17 heavy (non-hydrogen) atoms. The van der Waals surface area contributed by atoms with Crippen LogP contribution >= 0.6 is 0 Å². The molecule has 2 rings (SSSR count). The van der Waals surface area contributed by atoms with Crippen molar-refractivity contribution >= 4 is 17.8 Å². The van der Waals surface area contributed by atoms with Crippen LogP contribution < -0.4 is 5.32 Å². The Kier molecular flexibility index (Phi) is 2.90. The number of nitrogens with one attached hydrogen (secondary N) is 1. The van der Waals surface area contributed by atoms with Crippen LogP contribution in [-0.4, -0.2) is 45.4 Å². The predicted molar refractivity (Wildman–Crippen MR) is 57.0 cm³/mol. The first-order valence-corrected chi connectivity index (χ1v) is 5.18. The van der Waals surface area contributed by atoms with Crippen molar-refractivity contribution in [3.8, 4) is 0 Å². The van der Waals surface area contributed by atoms with E-state index in [0.29, 0.717) is 6.42 Å². The minimum absolute atomic E-state index is 0.248. The lowest BCUT2D eigenvalue weighted by atomic mass is 10.1. The van der Waals surface area contributed by atoms with Crippen LogP contribution in [0.25, 0.3) is 0 Å². The molecule has 1 aliphatic rings. The molecule has 2 heterocycles. The molecule has 1 N–H and O–H groups in total. The third kappa shape index (κ3) is 2.17. The average molecular weight is 236 g/mol. The van der Waals surface area contributed by atoms with Gasteiger partial charge in [0.25, 0.3) is 0 Å². The summed E-state index contributed by atoms with van der Waals surface area (Å²) in [6.45, 7) is 0. The molecule has 0 aliphatic carbocycles. The molecule has 0 unspecified atom stereocenters. The second kappa shape index (κ2) is 4.36. The van der Waals surface area contributed by atoms with Gasteiger partial charge in [-0.2, -0.15) is 0 Å². The van der Waals surface area contributed by atoms with Crippen molar-refractivity contribution in [2.45, 2.75) is 18.9 Å². The molecule has 0 radical (unpaired) electrons. The van der Waals surface area contributed by atoms with Gasteiger partial charge < -0.3 is 4.90 Å². The smallest absolute Gasteiger partial charge is 0.315 e. The van der Waals surface area contributed by atoms with Gasteiger partial charge in [0.1, 0.15) is 12.4 Å². The number of hydrogen-bond donors (Lipinski definition) is 1. The predicted octanol–water partition coefficient (Wildman–Crippen LogP) is -0.412. The Morgan fingerprint density at radius 2 is 2.35 bits per heavy atom. The number of imidazole rings is 1. The molecule has 1 aromatic heterocycles. The zero-order valence-corrected chi connectivity index (χ0v) is 9.29. The highest BCUT2D eigenvalue weighted by Gasteiger charge is 2.32. The highest BCUT2D eigenvalue weighted by Crippen LogP contribution is 2.11. The Morgan fingerprint density at radius 1 is 1.59 bits per heavy atom. The fourth-order valence-corrected chi connectivity index (χ4v) is 1.74. The Labute approximate surface area is 97.4 Å². The summed E-state index contributed by atoms with van der Waals surface area (Å²) in [5.74, 6) is -0.730. The molecule has 3 amide bonds. The Balaban J connectivity index is 2.10. The van der Waals surface area contributed by atoms with Gasteiger partial charge in [-0.05, 0) is 6.42 Å². The third-order valence-electron chi connectivity index (χ3n) is 2.70. The molecule has 1 aromatic rings. The highest BCUT2D eigenvalue weighted by molar-refractivity contribution is 6.01. The van der Waals surface area contributed by atoms with E-state index in [1.54, 1.807) is 0 Å². The van der Waals surface area contributed by atoms with Crippen LogP contribution in [0, 0.1) is 0 Å². The summed E-state index contributed by atoms with van der Waals surface area (Å²) in [5, 5.41) is 2.21. The number of hydrogen-bond acceptors (Lipinski definition) is 4. The summed E-state index contributed by atoms with van der Waals surface area (Å²) in [6.07, 6.45) is 4.95. The van der Waals surface area contributed by atoms with E-state index in [0.717, 1.165) is 0 Å². The number of likely N-dealkylation sites (N-methyl/N-ethyl adjacent to an activating group) is 1. The average Bonchev–Trinajstić information content (AvgIpc) is 2.80. The molecule has 0 spiro atoms. The molecular weight excluding hydrogens is 224 g/mol. The van der Waals surface area contributed by atoms with E-state index >= 15 is 0 Å². The van der Waals surface area contributed by atoms with Crippen LogP contribution in [0.15, 0.2) is 18.7 Å². The van der Waals surface area contributed by atoms with Gasteiger partial charge in [-0.15, -0.1) is 0 Å². The standard InChI is InChI=1S/C10H12N4O3/c1-13(10(17)14-5-4-11-6-14)7-2-3-8(15)12-9(7)16/h4-7H,2-3H2,1H3,(H,12,15,16)/t7-/m0/s1. The summed E-state index contributed by atoms with van der Waals surface area (Å²) in [7, 11) is 1.53. The molecule has 0 bridgehead atoms. The normalized spacial score (nSPS) is 19.9. The first-order chi connectivity index (χ1) is 8.09. The molecule has 7 heteroatoms. The number of amides is 3. The molecule has 1 aliphatic heterocycles. The van der Waals surface area contributed by atoms with Crippen LogP contribution in [0.2, 0.25) is 0 Å². The number of rotatable bonds is 1. The van der Waals surface area contributed by atoms with Crippen LogP contribution in [0.1, 0.15) is 12.8 Å². The van der Waals surface area contributed by atoms with Crippen LogP contribution in [0.4, 0.5) is 4.79 Å². The second-order valence-electron chi connectivity index (χ2n) is 3.83. The van der Waals surface area contributed by atoms with Crippen LogP contribution in [0.5, 0.6) is 0 Å². The summed E-state index contributed by atoms with van der Waals surface area (Å²) >= 11 is 0. The first kappa shape index (κ1) is 11.3. The third-order valence-corrected chi connectivity index (χ3v) is 2.70. The van der Waals surface area contributed by atoms with Gasteiger partial charge in [0.2, 0.25) is 11.8 Å². The van der Waals surface area contributed by atoms with E-state index < -0.39 is 11.9 Å². The monoisotopic (exact) mass is 236 g/mol. The fraction of sp³-hybridized carbons (Fsp3) is 0.400. The van der Waals surface area contributed by atoms with Gasteiger partial charge in [-0.1, -0.05) is 0 Å². The van der Waals surface area contributed by atoms with Gasteiger partial charge in [-0.3, -0.25) is 19.5 Å². The Morgan fingerprint density at radius 3 is 2.94 bits per heavy atom. The van der Waals surface area contributed by atoms with E-state index in [1.807, 2.05) is 0 Å². The molecule has 1 fully saturated rings. The largest absolute Gasteiger partial charge is 0.329 e. The van der Waals surface area contributed by atoms with Crippen LogP contribution in [0.3, 0.4) is 0 Å². The molecule has 0 aromatic carbocycles. The van der Waals surface area contributed by atoms with Gasteiger partial charge in [0.05, 0.1) is 0 Å².